The standard InChI is InChI=1S/C22H19N5O2/c1-27-11-16(20(26-27)13-5-3-2-4-6-13)21-15-9-18(25-22(29)14-7-8-14)19(28)10-17(15)23-12-24-21/h2-6,9-12,14,28H,7-8H2,1H3,(H,25,29). The average Bonchev–Trinajstić information content (AvgIpc) is 3.51. The lowest BCUT2D eigenvalue weighted by atomic mass is 10.0. The number of hydrogen-bond acceptors (Lipinski definition) is 5. The molecule has 5 rings (SSSR count). The summed E-state index contributed by atoms with van der Waals surface area (Å²) >= 11 is 0. The normalized spacial score (nSPS) is 13.6. The van der Waals surface area contributed by atoms with E-state index in [1.807, 2.05) is 43.6 Å². The van der Waals surface area contributed by atoms with Gasteiger partial charge in [0.2, 0.25) is 5.91 Å². The van der Waals surface area contributed by atoms with Crippen LogP contribution < -0.4 is 5.32 Å². The van der Waals surface area contributed by atoms with Crippen LogP contribution in [0, 0.1) is 5.92 Å². The summed E-state index contributed by atoms with van der Waals surface area (Å²) in [5, 5.41) is 18.6. The molecule has 2 N–H and O–H groups in total. The largest absolute Gasteiger partial charge is 0.506 e. The van der Waals surface area contributed by atoms with Crippen molar-refractivity contribution in [1.29, 1.82) is 0 Å². The highest BCUT2D eigenvalue weighted by molar-refractivity contribution is 6.02. The first-order valence-corrected chi connectivity index (χ1v) is 9.48. The molecule has 1 fully saturated rings. The van der Waals surface area contributed by atoms with Gasteiger partial charge in [0.15, 0.2) is 0 Å². The number of phenols is 1. The predicted octanol–water partition coefficient (Wildman–Crippen LogP) is 3.75. The van der Waals surface area contributed by atoms with Crippen molar-refractivity contribution in [2.45, 2.75) is 12.8 Å². The second-order valence-corrected chi connectivity index (χ2v) is 7.30. The number of aromatic hydroxyl groups is 1. The molecular formula is C22H19N5O2. The highest BCUT2D eigenvalue weighted by Crippen LogP contribution is 2.38. The first-order chi connectivity index (χ1) is 14.1. The molecule has 2 aromatic carbocycles. The molecule has 1 saturated carbocycles. The number of anilines is 1. The van der Waals surface area contributed by atoms with Crippen LogP contribution in [0.3, 0.4) is 0 Å². The maximum Gasteiger partial charge on any atom is 0.227 e. The number of carbonyl (C=O) groups excluding carboxylic acids is 1. The Morgan fingerprint density at radius 1 is 1.14 bits per heavy atom. The van der Waals surface area contributed by atoms with Gasteiger partial charge >= 0.3 is 0 Å². The van der Waals surface area contributed by atoms with Crippen molar-refractivity contribution in [3.63, 3.8) is 0 Å². The van der Waals surface area contributed by atoms with E-state index in [2.05, 4.69) is 20.4 Å². The molecule has 0 saturated heterocycles. The molecule has 29 heavy (non-hydrogen) atoms. The van der Waals surface area contributed by atoms with Crippen LogP contribution in [-0.2, 0) is 11.8 Å². The third-order valence-electron chi connectivity index (χ3n) is 5.09. The fraction of sp³-hybridized carbons (Fsp3) is 0.182. The van der Waals surface area contributed by atoms with Crippen LogP contribution in [0.4, 0.5) is 5.69 Å². The van der Waals surface area contributed by atoms with E-state index in [1.165, 1.54) is 6.33 Å². The number of aryl methyl sites for hydroxylation is 1. The van der Waals surface area contributed by atoms with Gasteiger partial charge < -0.3 is 10.4 Å². The molecule has 0 atom stereocenters. The van der Waals surface area contributed by atoms with Gasteiger partial charge in [-0.1, -0.05) is 30.3 Å². The van der Waals surface area contributed by atoms with Crippen molar-refractivity contribution in [3.05, 3.63) is 55.0 Å². The Balaban J connectivity index is 1.67. The molecule has 0 unspecified atom stereocenters. The number of aromatic nitrogens is 4. The van der Waals surface area contributed by atoms with Gasteiger partial charge in [0.25, 0.3) is 0 Å². The fourth-order valence-corrected chi connectivity index (χ4v) is 3.46. The fourth-order valence-electron chi connectivity index (χ4n) is 3.46. The predicted molar refractivity (Wildman–Crippen MR) is 110 cm³/mol. The average molecular weight is 385 g/mol. The van der Waals surface area contributed by atoms with E-state index in [0.717, 1.165) is 35.0 Å². The van der Waals surface area contributed by atoms with Crippen LogP contribution in [-0.4, -0.2) is 30.8 Å². The Kier molecular flexibility index (Phi) is 4.01. The van der Waals surface area contributed by atoms with E-state index >= 15 is 0 Å². The number of carbonyl (C=O) groups is 1. The minimum atomic E-state index is -0.0654. The molecule has 0 radical (unpaired) electrons. The summed E-state index contributed by atoms with van der Waals surface area (Å²) in [6, 6.07) is 13.2. The molecule has 0 aliphatic heterocycles. The molecule has 7 heteroatoms. The quantitative estimate of drug-likeness (QED) is 0.522. The molecule has 1 aliphatic carbocycles. The Bertz CT molecular complexity index is 1230. The first-order valence-electron chi connectivity index (χ1n) is 9.48. The number of nitrogens with zero attached hydrogens (tertiary/aromatic N) is 4. The van der Waals surface area contributed by atoms with E-state index in [0.29, 0.717) is 16.9 Å². The summed E-state index contributed by atoms with van der Waals surface area (Å²) in [5.41, 5.74) is 4.32. The van der Waals surface area contributed by atoms with E-state index in [9.17, 15) is 9.90 Å². The summed E-state index contributed by atoms with van der Waals surface area (Å²) in [4.78, 5) is 21.0. The lowest BCUT2D eigenvalue weighted by molar-refractivity contribution is -0.117. The van der Waals surface area contributed by atoms with Crippen molar-refractivity contribution in [1.82, 2.24) is 19.7 Å². The maximum atomic E-state index is 12.2. The Hall–Kier alpha value is -3.74. The minimum absolute atomic E-state index is 0.00869. The van der Waals surface area contributed by atoms with Gasteiger partial charge in [-0.25, -0.2) is 9.97 Å². The number of hydrogen-bond donors (Lipinski definition) is 2. The van der Waals surface area contributed by atoms with Gasteiger partial charge in [0.05, 0.1) is 16.9 Å². The molecule has 7 nitrogen and oxygen atoms in total. The molecule has 1 aliphatic rings. The van der Waals surface area contributed by atoms with Crippen molar-refractivity contribution in [3.8, 4) is 28.3 Å². The number of amides is 1. The molecule has 1 amide bonds. The van der Waals surface area contributed by atoms with Crippen LogP contribution >= 0.6 is 0 Å². The van der Waals surface area contributed by atoms with E-state index in [4.69, 9.17) is 0 Å². The number of benzene rings is 2. The van der Waals surface area contributed by atoms with Gasteiger partial charge in [0.1, 0.15) is 17.8 Å². The second kappa shape index (κ2) is 6.70. The van der Waals surface area contributed by atoms with Crippen molar-refractivity contribution in [2.75, 3.05) is 5.32 Å². The SMILES string of the molecule is Cn1cc(-c2ncnc3cc(O)c(NC(=O)C4CC4)cc23)c(-c2ccccc2)n1. The number of phenolic OH excluding ortho intramolecular Hbond substituents is 1. The monoisotopic (exact) mass is 385 g/mol. The van der Waals surface area contributed by atoms with Gasteiger partial charge in [-0.15, -0.1) is 0 Å². The zero-order valence-corrected chi connectivity index (χ0v) is 15.8. The van der Waals surface area contributed by atoms with E-state index in [-0.39, 0.29) is 17.6 Å². The second-order valence-electron chi connectivity index (χ2n) is 7.30. The minimum Gasteiger partial charge on any atom is -0.506 e. The first kappa shape index (κ1) is 17.4. The molecule has 2 aromatic heterocycles. The van der Waals surface area contributed by atoms with Crippen LogP contribution in [0.5, 0.6) is 5.75 Å². The Labute approximate surface area is 167 Å². The summed E-state index contributed by atoms with van der Waals surface area (Å²) in [7, 11) is 1.87. The third kappa shape index (κ3) is 3.20. The zero-order chi connectivity index (χ0) is 20.0. The summed E-state index contributed by atoms with van der Waals surface area (Å²) in [5.74, 6) is -0.0328. The topological polar surface area (TPSA) is 92.9 Å². The molecule has 144 valence electrons. The van der Waals surface area contributed by atoms with Crippen LogP contribution in [0.2, 0.25) is 0 Å². The molecule has 0 bridgehead atoms. The summed E-state index contributed by atoms with van der Waals surface area (Å²) < 4.78 is 1.75. The highest BCUT2D eigenvalue weighted by Gasteiger charge is 2.30. The highest BCUT2D eigenvalue weighted by atomic mass is 16.3. The molecular weight excluding hydrogens is 366 g/mol. The van der Waals surface area contributed by atoms with E-state index < -0.39 is 0 Å². The number of rotatable bonds is 4. The number of nitrogens with one attached hydrogen (secondary N) is 1. The van der Waals surface area contributed by atoms with Gasteiger partial charge in [-0.05, 0) is 18.9 Å². The van der Waals surface area contributed by atoms with Crippen LogP contribution in [0.15, 0.2) is 55.0 Å². The van der Waals surface area contributed by atoms with Crippen LogP contribution in [0.25, 0.3) is 33.4 Å². The lowest BCUT2D eigenvalue weighted by Gasteiger charge is -2.11. The summed E-state index contributed by atoms with van der Waals surface area (Å²) in [6.07, 6.45) is 5.18. The molecule has 0 spiro atoms. The van der Waals surface area contributed by atoms with E-state index in [1.54, 1.807) is 16.8 Å². The maximum absolute atomic E-state index is 12.2. The van der Waals surface area contributed by atoms with Crippen molar-refractivity contribution in [2.24, 2.45) is 13.0 Å². The van der Waals surface area contributed by atoms with Crippen molar-refractivity contribution < 1.29 is 9.90 Å². The molecule has 2 heterocycles. The summed E-state index contributed by atoms with van der Waals surface area (Å²) in [6.45, 7) is 0. The van der Waals surface area contributed by atoms with Crippen LogP contribution in [0.1, 0.15) is 12.8 Å². The Morgan fingerprint density at radius 3 is 2.69 bits per heavy atom. The van der Waals surface area contributed by atoms with Gasteiger partial charge in [0, 0.05) is 41.7 Å². The van der Waals surface area contributed by atoms with Gasteiger partial charge in [-0.2, -0.15) is 5.10 Å². The Morgan fingerprint density at radius 2 is 1.93 bits per heavy atom. The van der Waals surface area contributed by atoms with Crippen molar-refractivity contribution >= 4 is 22.5 Å². The van der Waals surface area contributed by atoms with Gasteiger partial charge in [-0.3, -0.25) is 9.48 Å². The third-order valence-corrected chi connectivity index (χ3v) is 5.09. The smallest absolute Gasteiger partial charge is 0.227 e. The zero-order valence-electron chi connectivity index (χ0n) is 15.8. The number of fused-ring (bicyclic) bond motifs is 1. The molecule has 4 aromatic rings. The lowest BCUT2D eigenvalue weighted by Crippen LogP contribution is -2.13.